The Morgan fingerprint density at radius 2 is 1.86 bits per heavy atom. The first-order valence-electron chi connectivity index (χ1n) is 12.7. The molecule has 3 heterocycles. The van der Waals surface area contributed by atoms with Gasteiger partial charge in [-0.15, -0.1) is 0 Å². The van der Waals surface area contributed by atoms with Gasteiger partial charge in [-0.1, -0.05) is 22.8 Å². The summed E-state index contributed by atoms with van der Waals surface area (Å²) in [7, 11) is 0. The Bertz CT molecular complexity index is 1490. The average molecular weight is 523 g/mol. The fourth-order valence-corrected chi connectivity index (χ4v) is 6.16. The summed E-state index contributed by atoms with van der Waals surface area (Å²) in [5.74, 6) is 0.993. The van der Waals surface area contributed by atoms with Gasteiger partial charge in [0.1, 0.15) is 17.4 Å². The second-order valence-corrected chi connectivity index (χ2v) is 10.5. The number of aryl methyl sites for hydroxylation is 2. The van der Waals surface area contributed by atoms with Crippen LogP contribution in [-0.4, -0.2) is 31.8 Å². The zero-order chi connectivity index (χ0) is 25.8. The number of halogens is 2. The minimum Gasteiger partial charge on any atom is -0.393 e. The van der Waals surface area contributed by atoms with Crippen LogP contribution in [0.4, 0.5) is 10.1 Å². The molecule has 0 unspecified atom stereocenters. The standard InChI is InChI=1S/C28H28ClFN4O3/c1-15-27(16(2)37-32-15)17-3-10-24-23(13-17)31-28(34(24)18-4-7-20(35)8-5-18)25-11-12-26(36)33(25)19-6-9-22(30)21(29)14-19/h3,6,9-10,13-14,18,20,25,35H,4-5,7-8,11-12H2,1-2H3/t18?,20?,25-/m0/s1. The molecule has 9 heteroatoms. The van der Waals surface area contributed by atoms with Gasteiger partial charge in [-0.05, 0) is 81.8 Å². The minimum absolute atomic E-state index is 0.0187. The molecule has 0 bridgehead atoms. The number of carbonyl (C=O) groups excluding carboxylic acids is 1. The van der Waals surface area contributed by atoms with Gasteiger partial charge in [0, 0.05) is 23.7 Å². The van der Waals surface area contributed by atoms with Crippen LogP contribution in [0.25, 0.3) is 22.2 Å². The summed E-state index contributed by atoms with van der Waals surface area (Å²) in [5, 5.41) is 14.2. The summed E-state index contributed by atoms with van der Waals surface area (Å²) in [6.07, 6.45) is 3.79. The summed E-state index contributed by atoms with van der Waals surface area (Å²) in [6, 6.07) is 10.4. The van der Waals surface area contributed by atoms with Crippen LogP contribution in [0, 0.1) is 19.7 Å². The molecule has 1 aliphatic heterocycles. The third-order valence-electron chi connectivity index (χ3n) is 7.76. The fraction of sp³-hybridized carbons (Fsp3) is 0.393. The van der Waals surface area contributed by atoms with E-state index >= 15 is 0 Å². The molecule has 0 spiro atoms. The maximum atomic E-state index is 13.9. The quantitative estimate of drug-likeness (QED) is 0.333. The third kappa shape index (κ3) is 4.12. The fourth-order valence-electron chi connectivity index (χ4n) is 5.99. The van der Waals surface area contributed by atoms with Crippen molar-refractivity contribution in [2.45, 2.75) is 70.6 Å². The summed E-state index contributed by atoms with van der Waals surface area (Å²) in [6.45, 7) is 3.82. The molecule has 1 saturated carbocycles. The number of aliphatic hydroxyl groups excluding tert-OH is 1. The molecule has 0 radical (unpaired) electrons. The van der Waals surface area contributed by atoms with E-state index in [0.29, 0.717) is 18.5 Å². The minimum atomic E-state index is -0.520. The molecule has 1 aliphatic carbocycles. The highest BCUT2D eigenvalue weighted by molar-refractivity contribution is 6.31. The molecule has 4 aromatic rings. The predicted molar refractivity (Wildman–Crippen MR) is 139 cm³/mol. The molecule has 2 aliphatic rings. The molecule has 192 valence electrons. The number of imidazole rings is 1. The molecule has 7 nitrogen and oxygen atoms in total. The van der Waals surface area contributed by atoms with Crippen molar-refractivity contribution in [3.8, 4) is 11.1 Å². The lowest BCUT2D eigenvalue weighted by Gasteiger charge is -2.31. The monoisotopic (exact) mass is 522 g/mol. The molecule has 1 amide bonds. The number of amides is 1. The SMILES string of the molecule is Cc1noc(C)c1-c1ccc2c(c1)nc([C@@H]1CCC(=O)N1c1ccc(F)c(Cl)c1)n2C1CCC(O)CC1. The second-order valence-electron chi connectivity index (χ2n) is 10.1. The Balaban J connectivity index is 1.50. The van der Waals surface area contributed by atoms with Gasteiger partial charge < -0.3 is 19.1 Å². The van der Waals surface area contributed by atoms with E-state index in [0.717, 1.165) is 65.1 Å². The van der Waals surface area contributed by atoms with Crippen LogP contribution in [-0.2, 0) is 4.79 Å². The van der Waals surface area contributed by atoms with E-state index in [1.165, 1.54) is 12.1 Å². The zero-order valence-electron chi connectivity index (χ0n) is 20.7. The van der Waals surface area contributed by atoms with Crippen LogP contribution in [0.3, 0.4) is 0 Å². The molecule has 2 aromatic heterocycles. The number of aliphatic hydroxyl groups is 1. The van der Waals surface area contributed by atoms with Crippen molar-refractivity contribution in [2.75, 3.05) is 4.90 Å². The first-order chi connectivity index (χ1) is 17.8. The van der Waals surface area contributed by atoms with Crippen molar-refractivity contribution < 1.29 is 18.8 Å². The smallest absolute Gasteiger partial charge is 0.227 e. The maximum Gasteiger partial charge on any atom is 0.227 e. The van der Waals surface area contributed by atoms with Crippen LogP contribution in [0.15, 0.2) is 40.9 Å². The Morgan fingerprint density at radius 3 is 2.57 bits per heavy atom. The number of benzene rings is 2. The number of anilines is 1. The molecule has 2 fully saturated rings. The van der Waals surface area contributed by atoms with E-state index in [9.17, 15) is 14.3 Å². The van der Waals surface area contributed by atoms with Crippen molar-refractivity contribution in [2.24, 2.45) is 0 Å². The maximum absolute atomic E-state index is 13.9. The van der Waals surface area contributed by atoms with E-state index in [2.05, 4.69) is 27.9 Å². The van der Waals surface area contributed by atoms with Crippen LogP contribution in [0.1, 0.15) is 67.9 Å². The zero-order valence-corrected chi connectivity index (χ0v) is 21.5. The highest BCUT2D eigenvalue weighted by Crippen LogP contribution is 2.42. The van der Waals surface area contributed by atoms with Crippen molar-refractivity contribution in [3.05, 3.63) is 64.5 Å². The highest BCUT2D eigenvalue weighted by Gasteiger charge is 2.38. The lowest BCUT2D eigenvalue weighted by molar-refractivity contribution is -0.117. The molecular formula is C28H28ClFN4O3. The largest absolute Gasteiger partial charge is 0.393 e. The van der Waals surface area contributed by atoms with Gasteiger partial charge in [0.25, 0.3) is 0 Å². The Kier molecular flexibility index (Phi) is 6.04. The molecule has 1 N–H and O–H groups in total. The molecule has 6 rings (SSSR count). The number of nitrogens with zero attached hydrogens (tertiary/aromatic N) is 4. The van der Waals surface area contributed by atoms with Gasteiger partial charge in [0.2, 0.25) is 5.91 Å². The number of hydrogen-bond donors (Lipinski definition) is 1. The molecule has 1 saturated heterocycles. The number of fused-ring (bicyclic) bond motifs is 1. The number of carbonyl (C=O) groups is 1. The Morgan fingerprint density at radius 1 is 1.08 bits per heavy atom. The van der Waals surface area contributed by atoms with Gasteiger partial charge in [-0.25, -0.2) is 9.37 Å². The van der Waals surface area contributed by atoms with E-state index in [1.807, 2.05) is 13.8 Å². The normalized spacial score (nSPS) is 22.4. The molecule has 1 atom stereocenters. The summed E-state index contributed by atoms with van der Waals surface area (Å²) in [5.41, 5.74) is 5.13. The Hall–Kier alpha value is -3.23. The van der Waals surface area contributed by atoms with Crippen molar-refractivity contribution in [3.63, 3.8) is 0 Å². The van der Waals surface area contributed by atoms with Crippen LogP contribution in [0.5, 0.6) is 0 Å². The van der Waals surface area contributed by atoms with Crippen LogP contribution >= 0.6 is 11.6 Å². The summed E-state index contributed by atoms with van der Waals surface area (Å²) < 4.78 is 21.6. The number of hydrogen-bond acceptors (Lipinski definition) is 5. The first-order valence-corrected chi connectivity index (χ1v) is 13.1. The van der Waals surface area contributed by atoms with Gasteiger partial charge in [-0.2, -0.15) is 0 Å². The van der Waals surface area contributed by atoms with Crippen molar-refractivity contribution in [1.29, 1.82) is 0 Å². The second kappa shape index (κ2) is 9.26. The van der Waals surface area contributed by atoms with Gasteiger partial charge >= 0.3 is 0 Å². The predicted octanol–water partition coefficient (Wildman–Crippen LogP) is 6.44. The van der Waals surface area contributed by atoms with E-state index in [-0.39, 0.29) is 29.1 Å². The van der Waals surface area contributed by atoms with E-state index in [1.54, 1.807) is 11.0 Å². The van der Waals surface area contributed by atoms with E-state index < -0.39 is 5.82 Å². The van der Waals surface area contributed by atoms with Gasteiger partial charge in [0.05, 0.1) is 33.9 Å². The van der Waals surface area contributed by atoms with Crippen molar-refractivity contribution >= 4 is 34.2 Å². The van der Waals surface area contributed by atoms with Crippen LogP contribution < -0.4 is 4.90 Å². The molecule has 37 heavy (non-hydrogen) atoms. The topological polar surface area (TPSA) is 84.4 Å². The molecular weight excluding hydrogens is 495 g/mol. The third-order valence-corrected chi connectivity index (χ3v) is 8.05. The van der Waals surface area contributed by atoms with Crippen molar-refractivity contribution in [1.82, 2.24) is 14.7 Å². The van der Waals surface area contributed by atoms with Gasteiger partial charge in [0.15, 0.2) is 0 Å². The first kappa shape index (κ1) is 24.1. The number of rotatable bonds is 4. The summed E-state index contributed by atoms with van der Waals surface area (Å²) >= 11 is 6.09. The molecule has 2 aromatic carbocycles. The number of aromatic nitrogens is 3. The lowest BCUT2D eigenvalue weighted by Crippen LogP contribution is -2.31. The summed E-state index contributed by atoms with van der Waals surface area (Å²) in [4.78, 5) is 19.9. The van der Waals surface area contributed by atoms with Gasteiger partial charge in [-0.3, -0.25) is 4.79 Å². The Labute approximate surface area is 218 Å². The van der Waals surface area contributed by atoms with E-state index in [4.69, 9.17) is 21.1 Å². The lowest BCUT2D eigenvalue weighted by atomic mass is 9.92. The van der Waals surface area contributed by atoms with Crippen LogP contribution in [0.2, 0.25) is 5.02 Å². The highest BCUT2D eigenvalue weighted by atomic mass is 35.5. The average Bonchev–Trinajstić information content (AvgIpc) is 3.55.